The van der Waals surface area contributed by atoms with Gasteiger partial charge in [-0.2, -0.15) is 0 Å². The van der Waals surface area contributed by atoms with Crippen molar-refractivity contribution >= 4 is 11.3 Å². The van der Waals surface area contributed by atoms with Crippen molar-refractivity contribution in [3.05, 3.63) is 40.0 Å². The van der Waals surface area contributed by atoms with Crippen LogP contribution in [0.4, 0.5) is 4.39 Å². The Morgan fingerprint density at radius 1 is 1.24 bits per heavy atom. The van der Waals surface area contributed by atoms with Crippen LogP contribution >= 0.6 is 11.3 Å². The molecule has 2 aromatic rings. The Kier molecular flexibility index (Phi) is 3.84. The van der Waals surface area contributed by atoms with Crippen LogP contribution in [-0.4, -0.2) is 4.98 Å². The molecule has 1 aliphatic rings. The molecule has 1 saturated carbocycles. The van der Waals surface area contributed by atoms with E-state index in [4.69, 9.17) is 10.7 Å². The molecule has 0 amide bonds. The molecule has 0 unspecified atom stereocenters. The predicted octanol–water partition coefficient (Wildman–Crippen LogP) is 4.62. The summed E-state index contributed by atoms with van der Waals surface area (Å²) >= 11 is 1.69. The van der Waals surface area contributed by atoms with E-state index in [0.29, 0.717) is 0 Å². The fourth-order valence-electron chi connectivity index (χ4n) is 2.98. The Bertz CT molecular complexity index is 625. The van der Waals surface area contributed by atoms with E-state index in [9.17, 15) is 4.39 Å². The first-order chi connectivity index (χ1) is 9.98. The second kappa shape index (κ2) is 5.50. The number of rotatable bonds is 2. The average molecular weight is 304 g/mol. The molecule has 0 saturated heterocycles. The van der Waals surface area contributed by atoms with Gasteiger partial charge in [0.15, 0.2) is 0 Å². The van der Waals surface area contributed by atoms with Gasteiger partial charge < -0.3 is 5.73 Å². The van der Waals surface area contributed by atoms with Crippen LogP contribution in [0.5, 0.6) is 0 Å². The van der Waals surface area contributed by atoms with Gasteiger partial charge in [-0.3, -0.25) is 0 Å². The highest BCUT2D eigenvalue weighted by Crippen LogP contribution is 2.41. The first-order valence-corrected chi connectivity index (χ1v) is 8.32. The number of nitrogens with two attached hydrogens (primary N) is 1. The van der Waals surface area contributed by atoms with Crippen LogP contribution in [-0.2, 0) is 5.54 Å². The van der Waals surface area contributed by atoms with Crippen molar-refractivity contribution in [2.24, 2.45) is 11.7 Å². The molecule has 1 aliphatic carbocycles. The van der Waals surface area contributed by atoms with Crippen molar-refractivity contribution < 1.29 is 4.39 Å². The van der Waals surface area contributed by atoms with Gasteiger partial charge in [-0.1, -0.05) is 6.92 Å². The zero-order chi connectivity index (χ0) is 15.0. The SMILES string of the molecule is Cc1sc(C2(N)CCC(C)CC2)nc1-c1ccc(F)cc1. The quantitative estimate of drug-likeness (QED) is 0.879. The number of halogens is 1. The van der Waals surface area contributed by atoms with Gasteiger partial charge in [0.25, 0.3) is 0 Å². The van der Waals surface area contributed by atoms with E-state index in [1.165, 1.54) is 25.0 Å². The Hall–Kier alpha value is -1.26. The average Bonchev–Trinajstić information content (AvgIpc) is 2.86. The van der Waals surface area contributed by atoms with Gasteiger partial charge in [0, 0.05) is 10.4 Å². The largest absolute Gasteiger partial charge is 0.319 e. The molecule has 2 nitrogen and oxygen atoms in total. The molecule has 1 fully saturated rings. The fourth-order valence-corrected chi connectivity index (χ4v) is 4.07. The lowest BCUT2D eigenvalue weighted by molar-refractivity contribution is 0.247. The van der Waals surface area contributed by atoms with Crippen LogP contribution < -0.4 is 5.73 Å². The van der Waals surface area contributed by atoms with E-state index >= 15 is 0 Å². The highest BCUT2D eigenvalue weighted by Gasteiger charge is 2.35. The van der Waals surface area contributed by atoms with E-state index in [1.807, 2.05) is 0 Å². The maximum absolute atomic E-state index is 13.1. The molecular formula is C17H21FN2S. The van der Waals surface area contributed by atoms with Gasteiger partial charge in [-0.15, -0.1) is 11.3 Å². The molecular weight excluding hydrogens is 283 g/mol. The van der Waals surface area contributed by atoms with E-state index in [2.05, 4.69) is 13.8 Å². The smallest absolute Gasteiger partial charge is 0.123 e. The van der Waals surface area contributed by atoms with Gasteiger partial charge in [0.1, 0.15) is 10.8 Å². The molecule has 4 heteroatoms. The molecule has 2 N–H and O–H groups in total. The normalized spacial score (nSPS) is 26.0. The lowest BCUT2D eigenvalue weighted by Gasteiger charge is -2.34. The van der Waals surface area contributed by atoms with Crippen LogP contribution in [0.3, 0.4) is 0 Å². The number of benzene rings is 1. The Morgan fingerprint density at radius 2 is 1.86 bits per heavy atom. The van der Waals surface area contributed by atoms with Crippen molar-refractivity contribution in [2.45, 2.75) is 45.1 Å². The van der Waals surface area contributed by atoms with Gasteiger partial charge >= 0.3 is 0 Å². The maximum Gasteiger partial charge on any atom is 0.123 e. The summed E-state index contributed by atoms with van der Waals surface area (Å²) in [6, 6.07) is 6.53. The van der Waals surface area contributed by atoms with Gasteiger partial charge in [0.05, 0.1) is 11.2 Å². The first kappa shape index (κ1) is 14.7. The standard InChI is InChI=1S/C17H21FN2S/c1-11-7-9-17(19,10-8-11)16-20-15(12(2)21-16)13-3-5-14(18)6-4-13/h3-6,11H,7-10,19H2,1-2H3. The van der Waals surface area contributed by atoms with Crippen molar-refractivity contribution in [2.75, 3.05) is 0 Å². The summed E-state index contributed by atoms with van der Waals surface area (Å²) in [6.45, 7) is 4.35. The Balaban J connectivity index is 1.92. The molecule has 1 heterocycles. The maximum atomic E-state index is 13.1. The first-order valence-electron chi connectivity index (χ1n) is 7.51. The number of aryl methyl sites for hydroxylation is 1. The topological polar surface area (TPSA) is 38.9 Å². The predicted molar refractivity (Wildman–Crippen MR) is 85.7 cm³/mol. The minimum Gasteiger partial charge on any atom is -0.319 e. The number of hydrogen-bond donors (Lipinski definition) is 1. The Labute approximate surface area is 129 Å². The molecule has 3 rings (SSSR count). The summed E-state index contributed by atoms with van der Waals surface area (Å²) in [7, 11) is 0. The van der Waals surface area contributed by atoms with Crippen LogP contribution in [0, 0.1) is 18.7 Å². The van der Waals surface area contributed by atoms with E-state index in [1.54, 1.807) is 23.5 Å². The lowest BCUT2D eigenvalue weighted by atomic mass is 9.78. The van der Waals surface area contributed by atoms with Gasteiger partial charge in [-0.05, 0) is 62.8 Å². The van der Waals surface area contributed by atoms with Crippen LogP contribution in [0.15, 0.2) is 24.3 Å². The molecule has 0 radical (unpaired) electrons. The minimum absolute atomic E-state index is 0.219. The second-order valence-corrected chi connectivity index (χ2v) is 7.47. The Morgan fingerprint density at radius 3 is 2.48 bits per heavy atom. The fraction of sp³-hybridized carbons (Fsp3) is 0.471. The second-order valence-electron chi connectivity index (χ2n) is 6.27. The third-order valence-corrected chi connectivity index (χ3v) is 5.70. The number of aromatic nitrogens is 1. The third-order valence-electron chi connectivity index (χ3n) is 4.51. The van der Waals surface area contributed by atoms with Crippen LogP contribution in [0.1, 0.15) is 42.5 Å². The number of nitrogens with zero attached hydrogens (tertiary/aromatic N) is 1. The number of hydrogen-bond acceptors (Lipinski definition) is 3. The summed E-state index contributed by atoms with van der Waals surface area (Å²) < 4.78 is 13.1. The molecule has 0 bridgehead atoms. The van der Waals surface area contributed by atoms with Gasteiger partial charge in [-0.25, -0.2) is 9.37 Å². The van der Waals surface area contributed by atoms with E-state index in [-0.39, 0.29) is 11.4 Å². The van der Waals surface area contributed by atoms with Crippen molar-refractivity contribution in [1.82, 2.24) is 4.98 Å². The van der Waals surface area contributed by atoms with Crippen LogP contribution in [0.2, 0.25) is 0 Å². The highest BCUT2D eigenvalue weighted by atomic mass is 32.1. The molecule has 21 heavy (non-hydrogen) atoms. The summed E-state index contributed by atoms with van der Waals surface area (Å²) in [6.07, 6.45) is 4.34. The molecule has 1 aromatic heterocycles. The third kappa shape index (κ3) is 2.87. The van der Waals surface area contributed by atoms with Crippen molar-refractivity contribution in [3.8, 4) is 11.3 Å². The molecule has 0 spiro atoms. The minimum atomic E-state index is -0.278. The summed E-state index contributed by atoms with van der Waals surface area (Å²) in [4.78, 5) is 5.95. The molecule has 0 aliphatic heterocycles. The summed E-state index contributed by atoms with van der Waals surface area (Å²) in [5.74, 6) is 0.544. The lowest BCUT2D eigenvalue weighted by Crippen LogP contribution is -2.40. The van der Waals surface area contributed by atoms with Crippen LogP contribution in [0.25, 0.3) is 11.3 Å². The van der Waals surface area contributed by atoms with Gasteiger partial charge in [0.2, 0.25) is 0 Å². The molecule has 1 aromatic carbocycles. The molecule has 0 atom stereocenters. The van der Waals surface area contributed by atoms with Crippen molar-refractivity contribution in [3.63, 3.8) is 0 Å². The zero-order valence-electron chi connectivity index (χ0n) is 12.5. The number of thiazole rings is 1. The highest BCUT2D eigenvalue weighted by molar-refractivity contribution is 7.12. The molecule has 112 valence electrons. The van der Waals surface area contributed by atoms with E-state index in [0.717, 1.165) is 39.9 Å². The van der Waals surface area contributed by atoms with Crippen molar-refractivity contribution in [1.29, 1.82) is 0 Å². The zero-order valence-corrected chi connectivity index (χ0v) is 13.3. The van der Waals surface area contributed by atoms with E-state index < -0.39 is 0 Å². The summed E-state index contributed by atoms with van der Waals surface area (Å²) in [5.41, 5.74) is 8.24. The monoisotopic (exact) mass is 304 g/mol. The summed E-state index contributed by atoms with van der Waals surface area (Å²) in [5, 5.41) is 1.03.